The molecule has 2 rings (SSSR count). The Morgan fingerprint density at radius 3 is 3.00 bits per heavy atom. The highest BCUT2D eigenvalue weighted by Crippen LogP contribution is 2.18. The SMILES string of the molecule is CN1CCCCC1CCOC(=O)c1ccc(F)c(N)c1. The first kappa shape index (κ1) is 14.8. The van der Waals surface area contributed by atoms with Crippen molar-refractivity contribution in [1.82, 2.24) is 4.90 Å². The molecule has 110 valence electrons. The monoisotopic (exact) mass is 280 g/mol. The van der Waals surface area contributed by atoms with Gasteiger partial charge in [-0.25, -0.2) is 9.18 Å². The molecule has 1 fully saturated rings. The summed E-state index contributed by atoms with van der Waals surface area (Å²) in [5.74, 6) is -0.972. The van der Waals surface area contributed by atoms with Crippen LogP contribution in [0.4, 0.5) is 10.1 Å². The zero-order valence-electron chi connectivity index (χ0n) is 11.8. The molecule has 1 unspecified atom stereocenters. The molecule has 1 aliphatic heterocycles. The normalized spacial score (nSPS) is 19.8. The number of nitrogen functional groups attached to an aromatic ring is 1. The van der Waals surface area contributed by atoms with Crippen LogP contribution in [0.1, 0.15) is 36.0 Å². The molecule has 1 saturated heterocycles. The van der Waals surface area contributed by atoms with Crippen molar-refractivity contribution in [3.8, 4) is 0 Å². The molecule has 0 amide bonds. The predicted octanol–water partition coefficient (Wildman–Crippen LogP) is 2.44. The van der Waals surface area contributed by atoms with Crippen LogP contribution in [0.25, 0.3) is 0 Å². The molecule has 0 aliphatic carbocycles. The molecule has 20 heavy (non-hydrogen) atoms. The molecule has 0 bridgehead atoms. The van der Waals surface area contributed by atoms with Crippen LogP contribution in [0.2, 0.25) is 0 Å². The number of ether oxygens (including phenoxy) is 1. The van der Waals surface area contributed by atoms with Gasteiger partial charge in [-0.15, -0.1) is 0 Å². The van der Waals surface area contributed by atoms with E-state index in [-0.39, 0.29) is 5.69 Å². The Bertz CT molecular complexity index is 479. The maximum Gasteiger partial charge on any atom is 0.338 e. The van der Waals surface area contributed by atoms with E-state index in [0.717, 1.165) is 19.4 Å². The Balaban J connectivity index is 1.81. The Morgan fingerprint density at radius 2 is 2.30 bits per heavy atom. The quantitative estimate of drug-likeness (QED) is 0.680. The lowest BCUT2D eigenvalue weighted by Crippen LogP contribution is -2.37. The molecule has 2 N–H and O–H groups in total. The number of carbonyl (C=O) groups is 1. The smallest absolute Gasteiger partial charge is 0.338 e. The summed E-state index contributed by atoms with van der Waals surface area (Å²) >= 11 is 0. The average Bonchev–Trinajstić information content (AvgIpc) is 2.44. The van der Waals surface area contributed by atoms with Crippen molar-refractivity contribution in [3.63, 3.8) is 0 Å². The van der Waals surface area contributed by atoms with Crippen LogP contribution in [0, 0.1) is 5.82 Å². The second-order valence-electron chi connectivity index (χ2n) is 5.29. The zero-order chi connectivity index (χ0) is 14.5. The molecule has 1 atom stereocenters. The third-order valence-electron chi connectivity index (χ3n) is 3.84. The van der Waals surface area contributed by atoms with Gasteiger partial charge in [-0.1, -0.05) is 6.42 Å². The van der Waals surface area contributed by atoms with Gasteiger partial charge in [0.1, 0.15) is 5.82 Å². The lowest BCUT2D eigenvalue weighted by molar-refractivity contribution is 0.0450. The van der Waals surface area contributed by atoms with E-state index in [2.05, 4.69) is 11.9 Å². The van der Waals surface area contributed by atoms with E-state index in [1.165, 1.54) is 31.0 Å². The van der Waals surface area contributed by atoms with E-state index >= 15 is 0 Å². The largest absolute Gasteiger partial charge is 0.462 e. The van der Waals surface area contributed by atoms with E-state index in [0.29, 0.717) is 18.2 Å². The van der Waals surface area contributed by atoms with Crippen LogP contribution >= 0.6 is 0 Å². The van der Waals surface area contributed by atoms with E-state index in [4.69, 9.17) is 10.5 Å². The van der Waals surface area contributed by atoms with Crippen molar-refractivity contribution in [2.24, 2.45) is 0 Å². The number of halogens is 1. The van der Waals surface area contributed by atoms with Gasteiger partial charge >= 0.3 is 5.97 Å². The summed E-state index contributed by atoms with van der Waals surface area (Å²) in [5, 5.41) is 0. The Kier molecular flexibility index (Phi) is 4.95. The minimum Gasteiger partial charge on any atom is -0.462 e. The van der Waals surface area contributed by atoms with Gasteiger partial charge in [0.05, 0.1) is 17.9 Å². The first-order valence-electron chi connectivity index (χ1n) is 7.00. The molecular weight excluding hydrogens is 259 g/mol. The summed E-state index contributed by atoms with van der Waals surface area (Å²) in [5.41, 5.74) is 5.69. The first-order chi connectivity index (χ1) is 9.58. The number of nitrogens with two attached hydrogens (primary N) is 1. The van der Waals surface area contributed by atoms with Gasteiger partial charge in [-0.05, 0) is 51.1 Å². The van der Waals surface area contributed by atoms with Crippen molar-refractivity contribution >= 4 is 11.7 Å². The van der Waals surface area contributed by atoms with Gasteiger partial charge in [0.2, 0.25) is 0 Å². The van der Waals surface area contributed by atoms with E-state index in [1.54, 1.807) is 0 Å². The molecule has 1 heterocycles. The van der Waals surface area contributed by atoms with Crippen molar-refractivity contribution in [1.29, 1.82) is 0 Å². The van der Waals surface area contributed by atoms with Crippen molar-refractivity contribution < 1.29 is 13.9 Å². The van der Waals surface area contributed by atoms with Crippen LogP contribution < -0.4 is 5.73 Å². The van der Waals surface area contributed by atoms with E-state index in [9.17, 15) is 9.18 Å². The Hall–Kier alpha value is -1.62. The molecule has 1 aromatic rings. The fourth-order valence-electron chi connectivity index (χ4n) is 2.55. The molecule has 0 radical (unpaired) electrons. The van der Waals surface area contributed by atoms with Crippen LogP contribution in [0.15, 0.2) is 18.2 Å². The zero-order valence-corrected chi connectivity index (χ0v) is 11.8. The van der Waals surface area contributed by atoms with E-state index < -0.39 is 11.8 Å². The van der Waals surface area contributed by atoms with Gasteiger partial charge < -0.3 is 15.4 Å². The lowest BCUT2D eigenvalue weighted by Gasteiger charge is -2.32. The molecule has 1 aliphatic rings. The third-order valence-corrected chi connectivity index (χ3v) is 3.84. The van der Waals surface area contributed by atoms with Gasteiger partial charge in [0, 0.05) is 6.04 Å². The number of benzene rings is 1. The molecule has 5 heteroatoms. The second kappa shape index (κ2) is 6.70. The molecule has 0 saturated carbocycles. The number of rotatable bonds is 4. The molecule has 4 nitrogen and oxygen atoms in total. The number of hydrogen-bond donors (Lipinski definition) is 1. The molecule has 1 aromatic carbocycles. The Morgan fingerprint density at radius 1 is 1.50 bits per heavy atom. The van der Waals surface area contributed by atoms with Gasteiger partial charge in [0.15, 0.2) is 0 Å². The van der Waals surface area contributed by atoms with Gasteiger partial charge in [0.25, 0.3) is 0 Å². The summed E-state index contributed by atoms with van der Waals surface area (Å²) in [6.07, 6.45) is 4.45. The molecule has 0 spiro atoms. The first-order valence-corrected chi connectivity index (χ1v) is 7.00. The second-order valence-corrected chi connectivity index (χ2v) is 5.29. The van der Waals surface area contributed by atoms with Crippen LogP contribution in [-0.2, 0) is 4.74 Å². The number of piperidine rings is 1. The number of nitrogens with zero attached hydrogens (tertiary/aromatic N) is 1. The van der Waals surface area contributed by atoms with Crippen LogP contribution in [0.3, 0.4) is 0 Å². The topological polar surface area (TPSA) is 55.6 Å². The van der Waals surface area contributed by atoms with Gasteiger partial charge in [-0.2, -0.15) is 0 Å². The highest BCUT2D eigenvalue weighted by atomic mass is 19.1. The summed E-state index contributed by atoms with van der Waals surface area (Å²) in [6, 6.07) is 4.36. The number of esters is 1. The highest BCUT2D eigenvalue weighted by molar-refractivity contribution is 5.90. The number of carbonyl (C=O) groups excluding carboxylic acids is 1. The number of likely N-dealkylation sites (tertiary alicyclic amines) is 1. The minimum absolute atomic E-state index is 0.0357. The standard InChI is InChI=1S/C15H21FN2O2/c1-18-8-3-2-4-12(18)7-9-20-15(19)11-5-6-13(16)14(17)10-11/h5-6,10,12H,2-4,7-9,17H2,1H3. The van der Waals surface area contributed by atoms with Crippen molar-refractivity contribution in [3.05, 3.63) is 29.6 Å². The van der Waals surface area contributed by atoms with Gasteiger partial charge in [-0.3, -0.25) is 0 Å². The maximum absolute atomic E-state index is 13.0. The average molecular weight is 280 g/mol. The Labute approximate surface area is 118 Å². The predicted molar refractivity (Wildman–Crippen MR) is 76.0 cm³/mol. The molecule has 0 aromatic heterocycles. The molecular formula is C15H21FN2O2. The summed E-state index contributed by atoms with van der Waals surface area (Å²) in [6.45, 7) is 1.48. The summed E-state index contributed by atoms with van der Waals surface area (Å²) in [7, 11) is 2.10. The minimum atomic E-state index is -0.523. The fraction of sp³-hybridized carbons (Fsp3) is 0.533. The van der Waals surface area contributed by atoms with Crippen LogP contribution in [-0.4, -0.2) is 37.1 Å². The van der Waals surface area contributed by atoms with Crippen LogP contribution in [0.5, 0.6) is 0 Å². The highest BCUT2D eigenvalue weighted by Gasteiger charge is 2.19. The van der Waals surface area contributed by atoms with E-state index in [1.807, 2.05) is 0 Å². The summed E-state index contributed by atoms with van der Waals surface area (Å²) in [4.78, 5) is 14.1. The van der Waals surface area contributed by atoms with Crippen molar-refractivity contribution in [2.75, 3.05) is 25.9 Å². The van der Waals surface area contributed by atoms with Crippen molar-refractivity contribution in [2.45, 2.75) is 31.7 Å². The third kappa shape index (κ3) is 3.70. The lowest BCUT2D eigenvalue weighted by atomic mass is 10.0. The maximum atomic E-state index is 13.0. The number of hydrogen-bond acceptors (Lipinski definition) is 4. The fourth-order valence-corrected chi connectivity index (χ4v) is 2.55. The summed E-state index contributed by atoms with van der Waals surface area (Å²) < 4.78 is 18.2. The number of anilines is 1.